The van der Waals surface area contributed by atoms with Crippen molar-refractivity contribution in [1.29, 1.82) is 0 Å². The van der Waals surface area contributed by atoms with Gasteiger partial charge >= 0.3 is 0 Å². The highest BCUT2D eigenvalue weighted by Gasteiger charge is 2.26. The summed E-state index contributed by atoms with van der Waals surface area (Å²) in [5.41, 5.74) is 5.90. The highest BCUT2D eigenvalue weighted by Crippen LogP contribution is 2.17. The third kappa shape index (κ3) is 4.70. The van der Waals surface area contributed by atoms with Gasteiger partial charge in [-0.1, -0.05) is 6.07 Å². The fourth-order valence-corrected chi connectivity index (χ4v) is 2.69. The summed E-state index contributed by atoms with van der Waals surface area (Å²) < 4.78 is 18.4. The molecule has 21 heavy (non-hydrogen) atoms. The number of halogens is 1. The first-order valence-electron chi connectivity index (χ1n) is 7.49. The zero-order chi connectivity index (χ0) is 15.2. The van der Waals surface area contributed by atoms with Crippen molar-refractivity contribution < 1.29 is 13.9 Å². The van der Waals surface area contributed by atoms with Gasteiger partial charge in [0.15, 0.2) is 0 Å². The first-order chi connectivity index (χ1) is 10.1. The summed E-state index contributed by atoms with van der Waals surface area (Å²) in [6.45, 7) is 3.20. The smallest absolute Gasteiger partial charge is 0.222 e. The summed E-state index contributed by atoms with van der Waals surface area (Å²) in [6.07, 6.45) is 2.82. The van der Waals surface area contributed by atoms with Crippen LogP contribution >= 0.6 is 0 Å². The SMILES string of the molecule is CC1CC(N)CCN1C(=O)CCCOc1cccc(F)c1. The van der Waals surface area contributed by atoms with Gasteiger partial charge in [-0.2, -0.15) is 0 Å². The Hall–Kier alpha value is -1.62. The van der Waals surface area contributed by atoms with Crippen molar-refractivity contribution in [2.24, 2.45) is 5.73 Å². The molecule has 2 atom stereocenters. The fraction of sp³-hybridized carbons (Fsp3) is 0.562. The predicted molar refractivity (Wildman–Crippen MR) is 79.5 cm³/mol. The first kappa shape index (κ1) is 15.8. The largest absolute Gasteiger partial charge is 0.493 e. The Bertz CT molecular complexity index is 481. The second kappa shape index (κ2) is 7.41. The van der Waals surface area contributed by atoms with Gasteiger partial charge in [-0.15, -0.1) is 0 Å². The van der Waals surface area contributed by atoms with Crippen molar-refractivity contribution in [2.45, 2.75) is 44.7 Å². The van der Waals surface area contributed by atoms with Gasteiger partial charge in [0, 0.05) is 31.1 Å². The van der Waals surface area contributed by atoms with Gasteiger partial charge in [0.2, 0.25) is 5.91 Å². The van der Waals surface area contributed by atoms with E-state index in [0.717, 1.165) is 19.4 Å². The van der Waals surface area contributed by atoms with Crippen LogP contribution in [0.5, 0.6) is 5.75 Å². The first-order valence-corrected chi connectivity index (χ1v) is 7.49. The van der Waals surface area contributed by atoms with E-state index in [0.29, 0.717) is 25.2 Å². The number of nitrogens with two attached hydrogens (primary N) is 1. The van der Waals surface area contributed by atoms with E-state index in [1.54, 1.807) is 12.1 Å². The van der Waals surface area contributed by atoms with Crippen molar-refractivity contribution in [3.05, 3.63) is 30.1 Å². The normalized spacial score (nSPS) is 22.1. The van der Waals surface area contributed by atoms with Crippen LogP contribution in [0.4, 0.5) is 4.39 Å². The minimum Gasteiger partial charge on any atom is -0.493 e. The monoisotopic (exact) mass is 294 g/mol. The van der Waals surface area contributed by atoms with Crippen LogP contribution in [0.1, 0.15) is 32.6 Å². The average molecular weight is 294 g/mol. The highest BCUT2D eigenvalue weighted by atomic mass is 19.1. The van der Waals surface area contributed by atoms with Crippen molar-refractivity contribution in [2.75, 3.05) is 13.2 Å². The number of ether oxygens (including phenoxy) is 1. The van der Waals surface area contributed by atoms with Crippen LogP contribution in [0, 0.1) is 5.82 Å². The second-order valence-electron chi connectivity index (χ2n) is 5.63. The summed E-state index contributed by atoms with van der Waals surface area (Å²) in [7, 11) is 0. The maximum atomic E-state index is 13.0. The molecule has 1 amide bonds. The number of carbonyl (C=O) groups excluding carboxylic acids is 1. The maximum Gasteiger partial charge on any atom is 0.222 e. The molecule has 0 aliphatic carbocycles. The van der Waals surface area contributed by atoms with E-state index in [9.17, 15) is 9.18 Å². The molecule has 2 N–H and O–H groups in total. The molecular formula is C16H23FN2O2. The third-order valence-corrected chi connectivity index (χ3v) is 3.84. The Morgan fingerprint density at radius 1 is 1.52 bits per heavy atom. The number of likely N-dealkylation sites (tertiary alicyclic amines) is 1. The molecule has 1 saturated heterocycles. The van der Waals surface area contributed by atoms with E-state index in [-0.39, 0.29) is 23.8 Å². The van der Waals surface area contributed by atoms with Crippen LogP contribution in [-0.2, 0) is 4.79 Å². The Balaban J connectivity index is 1.70. The number of nitrogens with zero attached hydrogens (tertiary/aromatic N) is 1. The molecule has 4 nitrogen and oxygen atoms in total. The summed E-state index contributed by atoms with van der Waals surface area (Å²) in [6, 6.07) is 6.45. The molecule has 2 rings (SSSR count). The number of hydrogen-bond acceptors (Lipinski definition) is 3. The molecule has 5 heteroatoms. The Labute approximate surface area is 125 Å². The lowest BCUT2D eigenvalue weighted by Gasteiger charge is -2.36. The average Bonchev–Trinajstić information content (AvgIpc) is 2.43. The summed E-state index contributed by atoms with van der Waals surface area (Å²) >= 11 is 0. The van der Waals surface area contributed by atoms with Gasteiger partial charge in [-0.3, -0.25) is 4.79 Å². The van der Waals surface area contributed by atoms with Gasteiger partial charge in [0.05, 0.1) is 6.61 Å². The van der Waals surface area contributed by atoms with E-state index in [1.807, 2.05) is 11.8 Å². The van der Waals surface area contributed by atoms with Crippen molar-refractivity contribution in [1.82, 2.24) is 4.90 Å². The number of benzene rings is 1. The summed E-state index contributed by atoms with van der Waals surface area (Å²) in [5, 5.41) is 0. The van der Waals surface area contributed by atoms with E-state index in [1.165, 1.54) is 12.1 Å². The lowest BCUT2D eigenvalue weighted by Crippen LogP contribution is -2.48. The molecule has 1 fully saturated rings. The minimum absolute atomic E-state index is 0.150. The number of carbonyl (C=O) groups is 1. The molecule has 1 aromatic carbocycles. The fourth-order valence-electron chi connectivity index (χ4n) is 2.69. The molecule has 0 aromatic heterocycles. The lowest BCUT2D eigenvalue weighted by atomic mass is 9.98. The molecule has 1 heterocycles. The summed E-state index contributed by atoms with van der Waals surface area (Å²) in [4.78, 5) is 14.1. The van der Waals surface area contributed by atoms with Crippen LogP contribution in [0.3, 0.4) is 0 Å². The molecule has 1 aliphatic rings. The molecule has 0 spiro atoms. The number of rotatable bonds is 5. The van der Waals surface area contributed by atoms with E-state index < -0.39 is 0 Å². The zero-order valence-electron chi connectivity index (χ0n) is 12.4. The molecule has 0 bridgehead atoms. The minimum atomic E-state index is -0.318. The van der Waals surface area contributed by atoms with E-state index in [2.05, 4.69) is 0 Å². The Morgan fingerprint density at radius 3 is 3.05 bits per heavy atom. The van der Waals surface area contributed by atoms with Crippen LogP contribution in [0.25, 0.3) is 0 Å². The van der Waals surface area contributed by atoms with Crippen molar-refractivity contribution >= 4 is 5.91 Å². The van der Waals surface area contributed by atoms with E-state index in [4.69, 9.17) is 10.5 Å². The Kier molecular flexibility index (Phi) is 5.56. The van der Waals surface area contributed by atoms with Crippen LogP contribution in [0.2, 0.25) is 0 Å². The maximum absolute atomic E-state index is 13.0. The molecular weight excluding hydrogens is 271 g/mol. The molecule has 0 saturated carbocycles. The molecule has 1 aromatic rings. The van der Waals surface area contributed by atoms with Gasteiger partial charge < -0.3 is 15.4 Å². The summed E-state index contributed by atoms with van der Waals surface area (Å²) in [5.74, 6) is 0.332. The van der Waals surface area contributed by atoms with Crippen LogP contribution in [0.15, 0.2) is 24.3 Å². The predicted octanol–water partition coefficient (Wildman–Crippen LogP) is 2.32. The Morgan fingerprint density at radius 2 is 2.33 bits per heavy atom. The standard InChI is InChI=1S/C16H23FN2O2/c1-12-10-14(18)7-8-19(12)16(20)6-3-9-21-15-5-2-4-13(17)11-15/h2,4-5,11-12,14H,3,6-10,18H2,1H3. The quantitative estimate of drug-likeness (QED) is 0.848. The number of amides is 1. The number of piperidine rings is 1. The van der Waals surface area contributed by atoms with Crippen LogP contribution < -0.4 is 10.5 Å². The van der Waals surface area contributed by atoms with Gasteiger partial charge in [0.25, 0.3) is 0 Å². The van der Waals surface area contributed by atoms with Gasteiger partial charge in [-0.05, 0) is 38.3 Å². The molecule has 2 unspecified atom stereocenters. The van der Waals surface area contributed by atoms with Crippen molar-refractivity contribution in [3.8, 4) is 5.75 Å². The van der Waals surface area contributed by atoms with Crippen LogP contribution in [-0.4, -0.2) is 36.0 Å². The van der Waals surface area contributed by atoms with Gasteiger partial charge in [-0.25, -0.2) is 4.39 Å². The number of hydrogen-bond donors (Lipinski definition) is 1. The van der Waals surface area contributed by atoms with Gasteiger partial charge in [0.1, 0.15) is 11.6 Å². The zero-order valence-corrected chi connectivity index (χ0v) is 12.4. The molecule has 1 aliphatic heterocycles. The molecule has 116 valence electrons. The topological polar surface area (TPSA) is 55.6 Å². The highest BCUT2D eigenvalue weighted by molar-refractivity contribution is 5.76. The third-order valence-electron chi connectivity index (χ3n) is 3.84. The van der Waals surface area contributed by atoms with E-state index >= 15 is 0 Å². The second-order valence-corrected chi connectivity index (χ2v) is 5.63. The molecule has 0 radical (unpaired) electrons. The lowest BCUT2D eigenvalue weighted by molar-refractivity contribution is -0.134. The van der Waals surface area contributed by atoms with Crippen molar-refractivity contribution in [3.63, 3.8) is 0 Å².